The van der Waals surface area contributed by atoms with E-state index in [2.05, 4.69) is 22.8 Å². The molecule has 128 valence electrons. The van der Waals surface area contributed by atoms with Gasteiger partial charge in [-0.25, -0.2) is 9.78 Å². The third kappa shape index (κ3) is 4.67. The highest BCUT2D eigenvalue weighted by Crippen LogP contribution is 2.29. The number of nitrogens with zero attached hydrogens (tertiary/aromatic N) is 1. The summed E-state index contributed by atoms with van der Waals surface area (Å²) in [6, 6.07) is 17.6. The van der Waals surface area contributed by atoms with Gasteiger partial charge in [0.2, 0.25) is 0 Å². The first-order chi connectivity index (χ1) is 11.9. The topological polar surface area (TPSA) is 54.0 Å². The number of rotatable bonds is 3. The van der Waals surface area contributed by atoms with Crippen LogP contribution in [0.2, 0.25) is 0 Å². The van der Waals surface area contributed by atoms with E-state index in [9.17, 15) is 4.79 Å². The molecule has 0 saturated heterocycles. The lowest BCUT2D eigenvalue weighted by atomic mass is 10.1. The van der Waals surface area contributed by atoms with E-state index < -0.39 is 0 Å². The minimum Gasteiger partial charge on any atom is -0.333 e. The maximum Gasteiger partial charge on any atom is 0.319 e. The molecular weight excluding hydrogens is 330 g/mol. The van der Waals surface area contributed by atoms with Crippen LogP contribution in [0.1, 0.15) is 20.8 Å². The predicted octanol–water partition coefficient (Wildman–Crippen LogP) is 5.40. The van der Waals surface area contributed by atoms with Gasteiger partial charge in [-0.2, -0.15) is 0 Å². The van der Waals surface area contributed by atoms with Gasteiger partial charge in [0.1, 0.15) is 5.01 Å². The average Bonchev–Trinajstić information content (AvgIpc) is 3.04. The zero-order valence-electron chi connectivity index (χ0n) is 14.5. The molecule has 2 N–H and O–H groups in total. The molecule has 2 aromatic carbocycles. The second-order valence-corrected chi connectivity index (χ2v) is 7.67. The van der Waals surface area contributed by atoms with E-state index >= 15 is 0 Å². The Balaban J connectivity index is 1.78. The molecule has 25 heavy (non-hydrogen) atoms. The summed E-state index contributed by atoms with van der Waals surface area (Å²) < 4.78 is 0. The molecule has 0 aliphatic heterocycles. The van der Waals surface area contributed by atoms with Crippen LogP contribution in [0.25, 0.3) is 21.8 Å². The first kappa shape index (κ1) is 17.2. The number of thiazole rings is 1. The van der Waals surface area contributed by atoms with Gasteiger partial charge < -0.3 is 10.6 Å². The normalized spacial score (nSPS) is 11.2. The Kier molecular flexibility index (Phi) is 4.86. The molecule has 0 unspecified atom stereocenters. The number of urea groups is 1. The maximum atomic E-state index is 12.0. The van der Waals surface area contributed by atoms with Gasteiger partial charge in [0.15, 0.2) is 0 Å². The van der Waals surface area contributed by atoms with Crippen LogP contribution in [0.15, 0.2) is 60.0 Å². The molecule has 0 aliphatic rings. The molecule has 3 aromatic rings. The van der Waals surface area contributed by atoms with Crippen molar-refractivity contribution in [1.29, 1.82) is 0 Å². The fourth-order valence-corrected chi connectivity index (χ4v) is 3.21. The van der Waals surface area contributed by atoms with Gasteiger partial charge in [-0.3, -0.25) is 0 Å². The van der Waals surface area contributed by atoms with Crippen molar-refractivity contribution >= 4 is 23.1 Å². The van der Waals surface area contributed by atoms with Gasteiger partial charge in [-0.05, 0) is 32.9 Å². The number of carbonyl (C=O) groups excluding carboxylic acids is 1. The Morgan fingerprint density at radius 2 is 1.72 bits per heavy atom. The first-order valence-corrected chi connectivity index (χ1v) is 8.99. The standard InChI is InChI=1S/C20H21N3OS/c1-20(2,3)23-19(24)21-16-11-7-10-15(12-16)17-13-25-18(22-17)14-8-5-4-6-9-14/h4-13H,1-3H3,(H2,21,23,24). The summed E-state index contributed by atoms with van der Waals surface area (Å²) in [5.74, 6) is 0. The summed E-state index contributed by atoms with van der Waals surface area (Å²) in [7, 11) is 0. The molecule has 4 nitrogen and oxygen atoms in total. The van der Waals surface area contributed by atoms with Gasteiger partial charge in [0.05, 0.1) is 5.69 Å². The van der Waals surface area contributed by atoms with E-state index in [1.807, 2.05) is 68.6 Å². The Morgan fingerprint density at radius 1 is 1.00 bits per heavy atom. The van der Waals surface area contributed by atoms with Gasteiger partial charge in [0, 0.05) is 27.7 Å². The Hall–Kier alpha value is -2.66. The Labute approximate surface area is 151 Å². The average molecular weight is 351 g/mol. The number of amides is 2. The molecule has 1 aromatic heterocycles. The van der Waals surface area contributed by atoms with Crippen LogP contribution in [0.3, 0.4) is 0 Å². The van der Waals surface area contributed by atoms with Crippen LogP contribution in [-0.4, -0.2) is 16.6 Å². The van der Waals surface area contributed by atoms with Crippen molar-refractivity contribution in [3.8, 4) is 21.8 Å². The van der Waals surface area contributed by atoms with Crippen molar-refractivity contribution in [2.24, 2.45) is 0 Å². The monoisotopic (exact) mass is 351 g/mol. The molecule has 0 bridgehead atoms. The molecule has 0 fully saturated rings. The molecule has 2 amide bonds. The fraction of sp³-hybridized carbons (Fsp3) is 0.200. The van der Waals surface area contributed by atoms with Crippen LogP contribution < -0.4 is 10.6 Å². The molecule has 0 radical (unpaired) electrons. The SMILES string of the molecule is CC(C)(C)NC(=O)Nc1cccc(-c2csc(-c3ccccc3)n2)c1. The molecule has 0 saturated carbocycles. The lowest BCUT2D eigenvalue weighted by molar-refractivity contribution is 0.244. The van der Waals surface area contributed by atoms with Crippen molar-refractivity contribution in [3.05, 3.63) is 60.0 Å². The van der Waals surface area contributed by atoms with E-state index in [1.54, 1.807) is 11.3 Å². The lowest BCUT2D eigenvalue weighted by Gasteiger charge is -2.20. The molecule has 1 heterocycles. The number of benzene rings is 2. The highest BCUT2D eigenvalue weighted by Gasteiger charge is 2.14. The quantitative estimate of drug-likeness (QED) is 0.664. The maximum absolute atomic E-state index is 12.0. The number of anilines is 1. The van der Waals surface area contributed by atoms with Gasteiger partial charge in [0.25, 0.3) is 0 Å². The molecule has 0 atom stereocenters. The number of carbonyl (C=O) groups is 1. The number of hydrogen-bond donors (Lipinski definition) is 2. The first-order valence-electron chi connectivity index (χ1n) is 8.11. The van der Waals surface area contributed by atoms with E-state index in [4.69, 9.17) is 4.98 Å². The van der Waals surface area contributed by atoms with Crippen molar-refractivity contribution in [2.75, 3.05) is 5.32 Å². The minimum absolute atomic E-state index is 0.215. The van der Waals surface area contributed by atoms with Crippen molar-refractivity contribution < 1.29 is 4.79 Å². The summed E-state index contributed by atoms with van der Waals surface area (Å²) in [4.78, 5) is 16.7. The second-order valence-electron chi connectivity index (χ2n) is 6.81. The zero-order chi connectivity index (χ0) is 17.9. The van der Waals surface area contributed by atoms with Gasteiger partial charge >= 0.3 is 6.03 Å². The van der Waals surface area contributed by atoms with E-state index in [-0.39, 0.29) is 11.6 Å². The van der Waals surface area contributed by atoms with Gasteiger partial charge in [-0.15, -0.1) is 11.3 Å². The number of nitrogens with one attached hydrogen (secondary N) is 2. The van der Waals surface area contributed by atoms with Crippen LogP contribution in [0, 0.1) is 0 Å². The third-order valence-corrected chi connectivity index (χ3v) is 4.32. The van der Waals surface area contributed by atoms with E-state index in [0.717, 1.165) is 27.5 Å². The number of aromatic nitrogens is 1. The minimum atomic E-state index is -0.277. The summed E-state index contributed by atoms with van der Waals surface area (Å²) in [6.07, 6.45) is 0. The van der Waals surface area contributed by atoms with Crippen LogP contribution in [-0.2, 0) is 0 Å². The molecular formula is C20H21N3OS. The van der Waals surface area contributed by atoms with Crippen molar-refractivity contribution in [3.63, 3.8) is 0 Å². The number of hydrogen-bond acceptors (Lipinski definition) is 3. The second kappa shape index (κ2) is 7.07. The van der Waals surface area contributed by atoms with E-state index in [0.29, 0.717) is 0 Å². The summed E-state index contributed by atoms with van der Waals surface area (Å²) in [6.45, 7) is 5.84. The van der Waals surface area contributed by atoms with E-state index in [1.165, 1.54) is 0 Å². The van der Waals surface area contributed by atoms with Crippen LogP contribution in [0.5, 0.6) is 0 Å². The molecule has 3 rings (SSSR count). The predicted molar refractivity (Wildman–Crippen MR) is 105 cm³/mol. The molecule has 0 spiro atoms. The van der Waals surface area contributed by atoms with Crippen LogP contribution in [0.4, 0.5) is 10.5 Å². The summed E-state index contributed by atoms with van der Waals surface area (Å²) >= 11 is 1.61. The van der Waals surface area contributed by atoms with Crippen LogP contribution >= 0.6 is 11.3 Å². The third-order valence-electron chi connectivity index (χ3n) is 3.43. The fourth-order valence-electron chi connectivity index (χ4n) is 2.38. The van der Waals surface area contributed by atoms with Crippen molar-refractivity contribution in [1.82, 2.24) is 10.3 Å². The highest BCUT2D eigenvalue weighted by atomic mass is 32.1. The van der Waals surface area contributed by atoms with Gasteiger partial charge in [-0.1, -0.05) is 42.5 Å². The molecule has 5 heteroatoms. The Bertz CT molecular complexity index is 866. The lowest BCUT2D eigenvalue weighted by Crippen LogP contribution is -2.43. The zero-order valence-corrected chi connectivity index (χ0v) is 15.4. The molecule has 0 aliphatic carbocycles. The Morgan fingerprint density at radius 3 is 2.44 bits per heavy atom. The summed E-state index contributed by atoms with van der Waals surface area (Å²) in [5, 5.41) is 8.79. The highest BCUT2D eigenvalue weighted by molar-refractivity contribution is 7.13. The van der Waals surface area contributed by atoms with Crippen molar-refractivity contribution in [2.45, 2.75) is 26.3 Å². The largest absolute Gasteiger partial charge is 0.333 e. The summed E-state index contributed by atoms with van der Waals surface area (Å²) in [5.41, 5.74) is 3.46. The smallest absolute Gasteiger partial charge is 0.319 e.